The molecule has 1 N–H and O–H groups in total. The van der Waals surface area contributed by atoms with Crippen LogP contribution in [-0.4, -0.2) is 31.1 Å². The summed E-state index contributed by atoms with van der Waals surface area (Å²) in [5, 5.41) is 12.7. The molecule has 19 heavy (non-hydrogen) atoms. The Bertz CT molecular complexity index is 462. The van der Waals surface area contributed by atoms with Crippen LogP contribution in [0, 0.1) is 16.7 Å². The van der Waals surface area contributed by atoms with Crippen LogP contribution in [0.15, 0.2) is 24.3 Å². The standard InChI is InChI=1S/C16H23N3/c1-16(2,3)15(19-10-8-18-9-11-19)14-7-5-4-6-13(14)12-17/h4-7,15,18H,8-11H2,1-3H3/t15-/m1/s1. The summed E-state index contributed by atoms with van der Waals surface area (Å²) in [6, 6.07) is 10.7. The van der Waals surface area contributed by atoms with Crippen molar-refractivity contribution < 1.29 is 0 Å². The summed E-state index contributed by atoms with van der Waals surface area (Å²) in [6.45, 7) is 10.9. The molecular formula is C16H23N3. The Hall–Kier alpha value is -1.37. The van der Waals surface area contributed by atoms with Gasteiger partial charge in [0.15, 0.2) is 0 Å². The highest BCUT2D eigenvalue weighted by atomic mass is 15.2. The molecule has 2 rings (SSSR count). The van der Waals surface area contributed by atoms with Crippen LogP contribution >= 0.6 is 0 Å². The molecule has 0 unspecified atom stereocenters. The first-order chi connectivity index (χ1) is 9.04. The lowest BCUT2D eigenvalue weighted by Gasteiger charge is -2.43. The second kappa shape index (κ2) is 5.73. The molecule has 1 atom stereocenters. The Morgan fingerprint density at radius 3 is 2.42 bits per heavy atom. The Labute approximate surface area is 116 Å². The molecule has 3 heteroatoms. The van der Waals surface area contributed by atoms with Gasteiger partial charge in [-0.25, -0.2) is 0 Å². The second-order valence-corrected chi connectivity index (χ2v) is 6.25. The van der Waals surface area contributed by atoms with E-state index in [-0.39, 0.29) is 5.41 Å². The van der Waals surface area contributed by atoms with E-state index in [2.05, 4.69) is 43.1 Å². The van der Waals surface area contributed by atoms with Crippen molar-refractivity contribution in [2.45, 2.75) is 26.8 Å². The quantitative estimate of drug-likeness (QED) is 0.885. The molecule has 0 aromatic heterocycles. The molecule has 3 nitrogen and oxygen atoms in total. The molecular weight excluding hydrogens is 234 g/mol. The van der Waals surface area contributed by atoms with Gasteiger partial charge in [-0.15, -0.1) is 0 Å². The first kappa shape index (κ1) is 14.0. The fourth-order valence-electron chi connectivity index (χ4n) is 2.99. The summed E-state index contributed by atoms with van der Waals surface area (Å²) in [6.07, 6.45) is 0. The summed E-state index contributed by atoms with van der Waals surface area (Å²) < 4.78 is 0. The zero-order valence-electron chi connectivity index (χ0n) is 12.1. The molecule has 1 aromatic carbocycles. The van der Waals surface area contributed by atoms with Crippen molar-refractivity contribution >= 4 is 0 Å². The summed E-state index contributed by atoms with van der Waals surface area (Å²) >= 11 is 0. The van der Waals surface area contributed by atoms with Gasteiger partial charge in [0.25, 0.3) is 0 Å². The highest BCUT2D eigenvalue weighted by Crippen LogP contribution is 2.39. The SMILES string of the molecule is CC(C)(C)[C@@H](c1ccccc1C#N)N1CCNCC1. The van der Waals surface area contributed by atoms with E-state index in [4.69, 9.17) is 0 Å². The van der Waals surface area contributed by atoms with Gasteiger partial charge >= 0.3 is 0 Å². The fourth-order valence-corrected chi connectivity index (χ4v) is 2.99. The molecule has 1 aliphatic rings. The van der Waals surface area contributed by atoms with E-state index in [1.54, 1.807) is 0 Å². The summed E-state index contributed by atoms with van der Waals surface area (Å²) in [5.41, 5.74) is 2.09. The van der Waals surface area contributed by atoms with Crippen LogP contribution < -0.4 is 5.32 Å². The lowest BCUT2D eigenvalue weighted by atomic mass is 9.79. The molecule has 1 aromatic rings. The first-order valence-electron chi connectivity index (χ1n) is 6.98. The van der Waals surface area contributed by atoms with Crippen LogP contribution in [0.2, 0.25) is 0 Å². The van der Waals surface area contributed by atoms with Crippen LogP contribution in [0.1, 0.15) is 37.9 Å². The van der Waals surface area contributed by atoms with Crippen LogP contribution in [0.5, 0.6) is 0 Å². The minimum absolute atomic E-state index is 0.115. The Balaban J connectivity index is 2.40. The zero-order chi connectivity index (χ0) is 13.9. The maximum atomic E-state index is 9.35. The lowest BCUT2D eigenvalue weighted by molar-refractivity contribution is 0.0860. The van der Waals surface area contributed by atoms with Gasteiger partial charge in [-0.2, -0.15) is 5.26 Å². The minimum atomic E-state index is 0.115. The molecule has 1 saturated heterocycles. The molecule has 0 spiro atoms. The van der Waals surface area contributed by atoms with Gasteiger partial charge in [0, 0.05) is 32.2 Å². The third-order valence-corrected chi connectivity index (χ3v) is 3.71. The van der Waals surface area contributed by atoms with Crippen molar-refractivity contribution in [2.24, 2.45) is 5.41 Å². The number of piperazine rings is 1. The molecule has 0 aliphatic carbocycles. The van der Waals surface area contributed by atoms with Crippen molar-refractivity contribution in [3.8, 4) is 6.07 Å². The number of nitriles is 1. The van der Waals surface area contributed by atoms with Gasteiger partial charge in [0.1, 0.15) is 0 Å². The molecule has 0 radical (unpaired) electrons. The van der Waals surface area contributed by atoms with Gasteiger partial charge in [-0.05, 0) is 17.0 Å². The fraction of sp³-hybridized carbons (Fsp3) is 0.562. The van der Waals surface area contributed by atoms with Crippen LogP contribution in [-0.2, 0) is 0 Å². The first-order valence-corrected chi connectivity index (χ1v) is 6.98. The summed E-state index contributed by atoms with van der Waals surface area (Å²) in [4.78, 5) is 2.51. The monoisotopic (exact) mass is 257 g/mol. The number of benzene rings is 1. The lowest BCUT2D eigenvalue weighted by Crippen LogP contribution is -2.48. The summed E-state index contributed by atoms with van der Waals surface area (Å²) in [5.74, 6) is 0. The van der Waals surface area contributed by atoms with Crippen LogP contribution in [0.4, 0.5) is 0 Å². The predicted molar refractivity (Wildman–Crippen MR) is 77.8 cm³/mol. The number of nitrogens with zero attached hydrogens (tertiary/aromatic N) is 2. The Kier molecular flexibility index (Phi) is 4.24. The van der Waals surface area contributed by atoms with Crippen molar-refractivity contribution in [1.82, 2.24) is 10.2 Å². The maximum Gasteiger partial charge on any atom is 0.0995 e. The van der Waals surface area contributed by atoms with E-state index in [1.165, 1.54) is 5.56 Å². The average Bonchev–Trinajstić information content (AvgIpc) is 2.39. The Morgan fingerprint density at radius 1 is 1.21 bits per heavy atom. The highest BCUT2D eigenvalue weighted by molar-refractivity contribution is 5.40. The predicted octanol–water partition coefficient (Wildman–Crippen LogP) is 2.55. The van der Waals surface area contributed by atoms with Crippen molar-refractivity contribution in [1.29, 1.82) is 5.26 Å². The zero-order valence-corrected chi connectivity index (χ0v) is 12.1. The third-order valence-electron chi connectivity index (χ3n) is 3.71. The van der Waals surface area contributed by atoms with Gasteiger partial charge in [0.2, 0.25) is 0 Å². The van der Waals surface area contributed by atoms with E-state index >= 15 is 0 Å². The molecule has 1 heterocycles. The van der Waals surface area contributed by atoms with Gasteiger partial charge in [-0.1, -0.05) is 39.0 Å². The molecule has 102 valence electrons. The van der Waals surface area contributed by atoms with Gasteiger partial charge < -0.3 is 5.32 Å². The molecule has 0 bridgehead atoms. The minimum Gasteiger partial charge on any atom is -0.314 e. The van der Waals surface area contributed by atoms with E-state index < -0.39 is 0 Å². The largest absolute Gasteiger partial charge is 0.314 e. The van der Waals surface area contributed by atoms with Crippen LogP contribution in [0.25, 0.3) is 0 Å². The molecule has 1 fully saturated rings. The highest BCUT2D eigenvalue weighted by Gasteiger charge is 2.33. The number of nitrogens with one attached hydrogen (secondary N) is 1. The maximum absolute atomic E-state index is 9.35. The molecule has 1 aliphatic heterocycles. The van der Waals surface area contributed by atoms with E-state index in [9.17, 15) is 5.26 Å². The second-order valence-electron chi connectivity index (χ2n) is 6.25. The number of hydrogen-bond donors (Lipinski definition) is 1. The van der Waals surface area contributed by atoms with E-state index in [0.717, 1.165) is 31.7 Å². The van der Waals surface area contributed by atoms with Gasteiger partial charge in [0.05, 0.1) is 11.6 Å². The average molecular weight is 257 g/mol. The number of hydrogen-bond acceptors (Lipinski definition) is 3. The van der Waals surface area contributed by atoms with E-state index in [1.807, 2.05) is 18.2 Å². The van der Waals surface area contributed by atoms with Crippen molar-refractivity contribution in [2.75, 3.05) is 26.2 Å². The van der Waals surface area contributed by atoms with E-state index in [0.29, 0.717) is 6.04 Å². The van der Waals surface area contributed by atoms with Crippen molar-refractivity contribution in [3.63, 3.8) is 0 Å². The molecule has 0 saturated carbocycles. The topological polar surface area (TPSA) is 39.1 Å². The third kappa shape index (κ3) is 3.15. The van der Waals surface area contributed by atoms with Crippen molar-refractivity contribution in [3.05, 3.63) is 35.4 Å². The normalized spacial score (nSPS) is 18.8. The number of rotatable bonds is 2. The van der Waals surface area contributed by atoms with Gasteiger partial charge in [-0.3, -0.25) is 4.90 Å². The van der Waals surface area contributed by atoms with Crippen LogP contribution in [0.3, 0.4) is 0 Å². The molecule has 0 amide bonds. The Morgan fingerprint density at radius 2 is 1.84 bits per heavy atom. The smallest absolute Gasteiger partial charge is 0.0995 e. The summed E-state index contributed by atoms with van der Waals surface area (Å²) in [7, 11) is 0.